The molecule has 4 rings (SSSR count). The number of aryl methyl sites for hydroxylation is 1. The molecule has 0 radical (unpaired) electrons. The molecule has 0 aliphatic carbocycles. The van der Waals surface area contributed by atoms with Gasteiger partial charge in [0.1, 0.15) is 0 Å². The molecule has 2 saturated heterocycles. The quantitative estimate of drug-likeness (QED) is 0.835. The first-order valence-corrected chi connectivity index (χ1v) is 8.72. The van der Waals surface area contributed by atoms with Crippen LogP contribution in [0.2, 0.25) is 0 Å². The van der Waals surface area contributed by atoms with Crippen LogP contribution in [0, 0.1) is 6.92 Å². The largest absolute Gasteiger partial charge is 0.339 e. The van der Waals surface area contributed by atoms with Gasteiger partial charge in [0.2, 0.25) is 11.8 Å². The van der Waals surface area contributed by atoms with Gasteiger partial charge in [-0.25, -0.2) is 0 Å². The number of hydrogen-bond acceptors (Lipinski definition) is 5. The van der Waals surface area contributed by atoms with E-state index in [-0.39, 0.29) is 11.8 Å². The Balaban J connectivity index is 1.26. The molecular weight excluding hydrogens is 316 g/mol. The lowest BCUT2D eigenvalue weighted by Gasteiger charge is -2.43. The van der Waals surface area contributed by atoms with E-state index in [1.807, 2.05) is 23.1 Å². The van der Waals surface area contributed by atoms with Crippen molar-refractivity contribution in [1.29, 1.82) is 0 Å². The maximum absolute atomic E-state index is 12.3. The number of carbonyl (C=O) groups excluding carboxylic acids is 1. The molecule has 2 aromatic rings. The summed E-state index contributed by atoms with van der Waals surface area (Å²) in [4.78, 5) is 20.9. The number of likely N-dealkylation sites (tertiary alicyclic amines) is 2. The first kappa shape index (κ1) is 16.0. The minimum atomic E-state index is 0.0423. The zero-order valence-electron chi connectivity index (χ0n) is 14.3. The van der Waals surface area contributed by atoms with E-state index in [0.717, 1.165) is 19.6 Å². The molecule has 1 aromatic carbocycles. The van der Waals surface area contributed by atoms with Gasteiger partial charge in [-0.15, -0.1) is 0 Å². The zero-order valence-corrected chi connectivity index (χ0v) is 14.3. The summed E-state index contributed by atoms with van der Waals surface area (Å²) in [5, 5.41) is 3.83. The van der Waals surface area contributed by atoms with Crippen molar-refractivity contribution >= 4 is 12.0 Å². The van der Waals surface area contributed by atoms with E-state index < -0.39 is 0 Å². The van der Waals surface area contributed by atoms with Crippen molar-refractivity contribution in [1.82, 2.24) is 19.9 Å². The Morgan fingerprint density at radius 2 is 2.04 bits per heavy atom. The first-order valence-electron chi connectivity index (χ1n) is 8.72. The third-order valence-electron chi connectivity index (χ3n) is 4.90. The fourth-order valence-corrected chi connectivity index (χ4v) is 3.52. The van der Waals surface area contributed by atoms with Crippen molar-refractivity contribution in [3.8, 4) is 0 Å². The number of benzene rings is 1. The Kier molecular flexibility index (Phi) is 4.36. The lowest BCUT2D eigenvalue weighted by molar-refractivity contribution is -0.132. The maximum Gasteiger partial charge on any atom is 0.232 e. The molecule has 6 heteroatoms. The Morgan fingerprint density at radius 1 is 1.24 bits per heavy atom. The van der Waals surface area contributed by atoms with Crippen LogP contribution < -0.4 is 0 Å². The predicted molar refractivity (Wildman–Crippen MR) is 93.8 cm³/mol. The summed E-state index contributed by atoms with van der Waals surface area (Å²) in [5.74, 6) is 1.46. The average Bonchev–Trinajstić information content (AvgIpc) is 3.17. The summed E-state index contributed by atoms with van der Waals surface area (Å²) >= 11 is 0. The molecule has 2 aliphatic heterocycles. The number of nitrogens with zero attached hydrogens (tertiary/aromatic N) is 4. The van der Waals surface area contributed by atoms with Crippen LogP contribution in [0.5, 0.6) is 0 Å². The predicted octanol–water partition coefficient (Wildman–Crippen LogP) is 2.09. The summed E-state index contributed by atoms with van der Waals surface area (Å²) in [6.45, 7) is 5.27. The molecule has 0 bridgehead atoms. The SMILES string of the molecule is Cc1noc(C2CC(=O)N(C3CN(C/C=C/c4ccccc4)C3)C2)n1. The van der Waals surface area contributed by atoms with Gasteiger partial charge in [0, 0.05) is 32.6 Å². The van der Waals surface area contributed by atoms with Crippen molar-refractivity contribution in [2.45, 2.75) is 25.3 Å². The molecule has 2 aliphatic rings. The van der Waals surface area contributed by atoms with Gasteiger partial charge in [0.05, 0.1) is 12.0 Å². The standard InChI is InChI=1S/C19H22N4O2/c1-14-20-19(25-21-14)16-10-18(24)23(11-16)17-12-22(13-17)9-5-8-15-6-3-2-4-7-15/h2-8,16-17H,9-13H2,1H3/b8-5+. The highest BCUT2D eigenvalue weighted by Gasteiger charge is 2.41. The van der Waals surface area contributed by atoms with Crippen LogP contribution in [0.15, 0.2) is 40.9 Å². The van der Waals surface area contributed by atoms with Gasteiger partial charge in [-0.2, -0.15) is 4.98 Å². The average molecular weight is 338 g/mol. The zero-order chi connectivity index (χ0) is 17.2. The smallest absolute Gasteiger partial charge is 0.232 e. The highest BCUT2D eigenvalue weighted by atomic mass is 16.5. The number of aromatic nitrogens is 2. The number of hydrogen-bond donors (Lipinski definition) is 0. The normalized spacial score (nSPS) is 22.0. The second-order valence-corrected chi connectivity index (χ2v) is 6.81. The molecule has 1 amide bonds. The Hall–Kier alpha value is -2.47. The third kappa shape index (κ3) is 3.49. The summed E-state index contributed by atoms with van der Waals surface area (Å²) in [7, 11) is 0. The van der Waals surface area contributed by atoms with Crippen molar-refractivity contribution in [3.63, 3.8) is 0 Å². The van der Waals surface area contributed by atoms with E-state index in [1.54, 1.807) is 6.92 Å². The Labute approximate surface area is 147 Å². The molecule has 0 saturated carbocycles. The summed E-state index contributed by atoms with van der Waals surface area (Å²) in [6.07, 6.45) is 4.80. The Bertz CT molecular complexity index is 765. The minimum Gasteiger partial charge on any atom is -0.339 e. The fourth-order valence-electron chi connectivity index (χ4n) is 3.52. The van der Waals surface area contributed by atoms with Crippen molar-refractivity contribution < 1.29 is 9.32 Å². The molecule has 6 nitrogen and oxygen atoms in total. The van der Waals surface area contributed by atoms with Crippen LogP contribution in [-0.4, -0.2) is 58.1 Å². The Morgan fingerprint density at radius 3 is 2.76 bits per heavy atom. The summed E-state index contributed by atoms with van der Waals surface area (Å²) in [6, 6.07) is 10.6. The van der Waals surface area contributed by atoms with E-state index in [2.05, 4.69) is 39.3 Å². The van der Waals surface area contributed by atoms with Crippen LogP contribution in [0.1, 0.15) is 29.6 Å². The van der Waals surface area contributed by atoms with Gasteiger partial charge in [0.15, 0.2) is 5.82 Å². The van der Waals surface area contributed by atoms with Gasteiger partial charge in [-0.1, -0.05) is 47.6 Å². The van der Waals surface area contributed by atoms with Crippen molar-refractivity contribution in [2.24, 2.45) is 0 Å². The lowest BCUT2D eigenvalue weighted by atomic mass is 10.1. The molecule has 3 heterocycles. The molecule has 0 spiro atoms. The number of amides is 1. The van der Waals surface area contributed by atoms with Gasteiger partial charge in [0.25, 0.3) is 0 Å². The minimum absolute atomic E-state index is 0.0423. The first-order chi connectivity index (χ1) is 12.2. The molecule has 130 valence electrons. The molecular formula is C19H22N4O2. The van der Waals surface area contributed by atoms with Crippen LogP contribution >= 0.6 is 0 Å². The van der Waals surface area contributed by atoms with Crippen LogP contribution in [0.25, 0.3) is 6.08 Å². The third-order valence-corrected chi connectivity index (χ3v) is 4.90. The molecule has 2 fully saturated rings. The van der Waals surface area contributed by atoms with E-state index >= 15 is 0 Å². The maximum atomic E-state index is 12.3. The highest BCUT2D eigenvalue weighted by Crippen LogP contribution is 2.30. The van der Waals surface area contributed by atoms with Crippen molar-refractivity contribution in [3.05, 3.63) is 53.7 Å². The molecule has 1 aromatic heterocycles. The number of rotatable bonds is 5. The molecule has 1 unspecified atom stereocenters. The van der Waals surface area contributed by atoms with E-state index in [0.29, 0.717) is 30.7 Å². The molecule has 25 heavy (non-hydrogen) atoms. The molecule has 1 atom stereocenters. The monoisotopic (exact) mass is 338 g/mol. The highest BCUT2D eigenvalue weighted by molar-refractivity contribution is 5.80. The van der Waals surface area contributed by atoms with Crippen LogP contribution in [-0.2, 0) is 4.79 Å². The van der Waals surface area contributed by atoms with Gasteiger partial charge < -0.3 is 9.42 Å². The van der Waals surface area contributed by atoms with Gasteiger partial charge >= 0.3 is 0 Å². The van der Waals surface area contributed by atoms with E-state index in [1.165, 1.54) is 5.56 Å². The topological polar surface area (TPSA) is 62.5 Å². The van der Waals surface area contributed by atoms with Gasteiger partial charge in [-0.3, -0.25) is 9.69 Å². The van der Waals surface area contributed by atoms with E-state index in [9.17, 15) is 4.79 Å². The second-order valence-electron chi connectivity index (χ2n) is 6.81. The molecule has 0 N–H and O–H groups in total. The number of carbonyl (C=O) groups is 1. The summed E-state index contributed by atoms with van der Waals surface area (Å²) < 4.78 is 5.23. The van der Waals surface area contributed by atoms with Crippen LogP contribution in [0.4, 0.5) is 0 Å². The van der Waals surface area contributed by atoms with Crippen LogP contribution in [0.3, 0.4) is 0 Å². The lowest BCUT2D eigenvalue weighted by Crippen LogP contribution is -2.59. The summed E-state index contributed by atoms with van der Waals surface area (Å²) in [5.41, 5.74) is 1.21. The van der Waals surface area contributed by atoms with E-state index in [4.69, 9.17) is 4.52 Å². The fraction of sp³-hybridized carbons (Fsp3) is 0.421. The second kappa shape index (κ2) is 6.80. The van der Waals surface area contributed by atoms with Gasteiger partial charge in [-0.05, 0) is 12.5 Å². The van der Waals surface area contributed by atoms with Crippen molar-refractivity contribution in [2.75, 3.05) is 26.2 Å².